The highest BCUT2D eigenvalue weighted by Crippen LogP contribution is 2.16. The van der Waals surface area contributed by atoms with E-state index >= 15 is 0 Å². The number of nitrogens with two attached hydrogens (primary N) is 1. The molecule has 1 aliphatic rings. The first-order valence-corrected chi connectivity index (χ1v) is 3.87. The zero-order valence-electron chi connectivity index (χ0n) is 6.39. The second-order valence-electron chi connectivity index (χ2n) is 2.86. The number of piperidine rings is 1. The topological polar surface area (TPSA) is 29.3 Å². The monoisotopic (exact) mass is 146 g/mol. The lowest BCUT2D eigenvalue weighted by Gasteiger charge is -2.32. The summed E-state index contributed by atoms with van der Waals surface area (Å²) in [6.07, 6.45) is 0.692. The van der Waals surface area contributed by atoms with Crippen molar-refractivity contribution < 1.29 is 4.39 Å². The summed E-state index contributed by atoms with van der Waals surface area (Å²) in [5, 5.41) is 0. The SMILES string of the molecule is CCN1CC(N)CCC1F. The van der Waals surface area contributed by atoms with Crippen LogP contribution >= 0.6 is 0 Å². The van der Waals surface area contributed by atoms with Gasteiger partial charge in [-0.1, -0.05) is 6.92 Å². The standard InChI is InChI=1S/C7H15FN2/c1-2-10-5-6(9)3-4-7(10)8/h6-7H,2-5,9H2,1H3. The van der Waals surface area contributed by atoms with Gasteiger partial charge in [0.05, 0.1) is 0 Å². The Kier molecular flexibility index (Phi) is 2.63. The zero-order valence-corrected chi connectivity index (χ0v) is 6.39. The minimum absolute atomic E-state index is 0.187. The van der Waals surface area contributed by atoms with E-state index in [4.69, 9.17) is 5.73 Å². The summed E-state index contributed by atoms with van der Waals surface area (Å²) in [6, 6.07) is 0.187. The van der Waals surface area contributed by atoms with Crippen molar-refractivity contribution in [2.45, 2.75) is 32.1 Å². The van der Waals surface area contributed by atoms with Crippen LogP contribution in [0.3, 0.4) is 0 Å². The first kappa shape index (κ1) is 7.95. The van der Waals surface area contributed by atoms with Crippen LogP contribution < -0.4 is 5.73 Å². The van der Waals surface area contributed by atoms with Crippen molar-refractivity contribution in [1.29, 1.82) is 0 Å². The van der Waals surface area contributed by atoms with E-state index < -0.39 is 6.30 Å². The van der Waals surface area contributed by atoms with Gasteiger partial charge in [-0.15, -0.1) is 0 Å². The molecule has 0 spiro atoms. The molecular formula is C7H15FN2. The second kappa shape index (κ2) is 3.30. The maximum absolute atomic E-state index is 12.9. The maximum Gasteiger partial charge on any atom is 0.153 e. The summed E-state index contributed by atoms with van der Waals surface area (Å²) in [7, 11) is 0. The van der Waals surface area contributed by atoms with Crippen LogP contribution in [-0.2, 0) is 0 Å². The minimum Gasteiger partial charge on any atom is -0.327 e. The molecular weight excluding hydrogens is 131 g/mol. The number of likely N-dealkylation sites (tertiary alicyclic amines) is 1. The minimum atomic E-state index is -0.746. The zero-order chi connectivity index (χ0) is 7.56. The van der Waals surface area contributed by atoms with E-state index in [1.807, 2.05) is 6.92 Å². The van der Waals surface area contributed by atoms with E-state index in [0.29, 0.717) is 6.42 Å². The third-order valence-electron chi connectivity index (χ3n) is 2.05. The van der Waals surface area contributed by atoms with Crippen molar-refractivity contribution in [3.8, 4) is 0 Å². The molecule has 60 valence electrons. The van der Waals surface area contributed by atoms with Crippen molar-refractivity contribution in [2.75, 3.05) is 13.1 Å². The third kappa shape index (κ3) is 1.67. The van der Waals surface area contributed by atoms with Crippen molar-refractivity contribution in [3.05, 3.63) is 0 Å². The molecule has 3 heteroatoms. The van der Waals surface area contributed by atoms with Crippen molar-refractivity contribution >= 4 is 0 Å². The quantitative estimate of drug-likeness (QED) is 0.552. The van der Waals surface area contributed by atoms with E-state index in [2.05, 4.69) is 0 Å². The molecule has 0 aromatic heterocycles. The molecule has 10 heavy (non-hydrogen) atoms. The van der Waals surface area contributed by atoms with Gasteiger partial charge in [0.25, 0.3) is 0 Å². The van der Waals surface area contributed by atoms with Gasteiger partial charge in [0.2, 0.25) is 0 Å². The Bertz CT molecular complexity index is 108. The van der Waals surface area contributed by atoms with Gasteiger partial charge in [-0.2, -0.15) is 0 Å². The van der Waals surface area contributed by atoms with Gasteiger partial charge < -0.3 is 5.73 Å². The molecule has 2 N–H and O–H groups in total. The van der Waals surface area contributed by atoms with Gasteiger partial charge in [-0.05, 0) is 19.4 Å². The smallest absolute Gasteiger partial charge is 0.153 e. The largest absolute Gasteiger partial charge is 0.327 e. The van der Waals surface area contributed by atoms with Crippen LogP contribution in [0, 0.1) is 0 Å². The highest BCUT2D eigenvalue weighted by atomic mass is 19.1. The molecule has 0 radical (unpaired) electrons. The average Bonchev–Trinajstić information content (AvgIpc) is 1.94. The predicted octanol–water partition coefficient (Wildman–Crippen LogP) is 0.725. The molecule has 2 unspecified atom stereocenters. The highest BCUT2D eigenvalue weighted by Gasteiger charge is 2.23. The third-order valence-corrected chi connectivity index (χ3v) is 2.05. The molecule has 1 saturated heterocycles. The van der Waals surface area contributed by atoms with Crippen molar-refractivity contribution in [1.82, 2.24) is 4.90 Å². The Morgan fingerprint density at radius 2 is 2.30 bits per heavy atom. The summed E-state index contributed by atoms with van der Waals surface area (Å²) in [6.45, 7) is 3.46. The number of rotatable bonds is 1. The molecule has 1 rings (SSSR count). The van der Waals surface area contributed by atoms with E-state index in [9.17, 15) is 4.39 Å². The molecule has 0 bridgehead atoms. The Labute approximate surface area is 61.2 Å². The fourth-order valence-electron chi connectivity index (χ4n) is 1.37. The Morgan fingerprint density at radius 3 is 2.80 bits per heavy atom. The van der Waals surface area contributed by atoms with Gasteiger partial charge >= 0.3 is 0 Å². The normalized spacial score (nSPS) is 36.3. The summed E-state index contributed by atoms with van der Waals surface area (Å²) in [5.41, 5.74) is 5.65. The van der Waals surface area contributed by atoms with Gasteiger partial charge in [-0.3, -0.25) is 4.90 Å². The fourth-order valence-corrected chi connectivity index (χ4v) is 1.37. The molecule has 0 amide bonds. The van der Waals surface area contributed by atoms with Crippen LogP contribution in [0.25, 0.3) is 0 Å². The number of hydrogen-bond acceptors (Lipinski definition) is 2. The molecule has 1 aliphatic heterocycles. The Balaban J connectivity index is 2.38. The lowest BCUT2D eigenvalue weighted by Crippen LogP contribution is -2.46. The lowest BCUT2D eigenvalue weighted by atomic mass is 10.1. The fraction of sp³-hybridized carbons (Fsp3) is 1.00. The first-order chi connectivity index (χ1) is 4.74. The molecule has 0 aliphatic carbocycles. The Hall–Kier alpha value is -0.150. The molecule has 0 aromatic rings. The van der Waals surface area contributed by atoms with Gasteiger partial charge in [0, 0.05) is 12.6 Å². The molecule has 1 fully saturated rings. The van der Waals surface area contributed by atoms with Gasteiger partial charge in [0.1, 0.15) is 0 Å². The van der Waals surface area contributed by atoms with E-state index in [1.165, 1.54) is 0 Å². The molecule has 0 saturated carbocycles. The molecule has 0 aromatic carbocycles. The summed E-state index contributed by atoms with van der Waals surface area (Å²) >= 11 is 0. The molecule has 1 heterocycles. The number of hydrogen-bond donors (Lipinski definition) is 1. The van der Waals surface area contributed by atoms with Crippen molar-refractivity contribution in [2.24, 2.45) is 5.73 Å². The lowest BCUT2D eigenvalue weighted by molar-refractivity contribution is 0.0429. The summed E-state index contributed by atoms with van der Waals surface area (Å²) < 4.78 is 12.9. The first-order valence-electron chi connectivity index (χ1n) is 3.87. The number of alkyl halides is 1. The second-order valence-corrected chi connectivity index (χ2v) is 2.86. The maximum atomic E-state index is 12.9. The van der Waals surface area contributed by atoms with Crippen LogP contribution in [0.5, 0.6) is 0 Å². The summed E-state index contributed by atoms with van der Waals surface area (Å²) in [5.74, 6) is 0. The van der Waals surface area contributed by atoms with Crippen LogP contribution in [0.15, 0.2) is 0 Å². The average molecular weight is 146 g/mol. The van der Waals surface area contributed by atoms with E-state index in [-0.39, 0.29) is 6.04 Å². The van der Waals surface area contributed by atoms with Crippen LogP contribution in [0.1, 0.15) is 19.8 Å². The molecule has 2 atom stereocenters. The van der Waals surface area contributed by atoms with Crippen LogP contribution in [0.4, 0.5) is 4.39 Å². The van der Waals surface area contributed by atoms with Gasteiger partial charge in [-0.25, -0.2) is 4.39 Å². The predicted molar refractivity (Wildman–Crippen MR) is 39.4 cm³/mol. The number of halogens is 1. The summed E-state index contributed by atoms with van der Waals surface area (Å²) in [4.78, 5) is 1.79. The van der Waals surface area contributed by atoms with Crippen LogP contribution in [-0.4, -0.2) is 30.3 Å². The highest BCUT2D eigenvalue weighted by molar-refractivity contribution is 4.76. The Morgan fingerprint density at radius 1 is 1.60 bits per heavy atom. The van der Waals surface area contributed by atoms with E-state index in [1.54, 1.807) is 4.90 Å². The molecule has 2 nitrogen and oxygen atoms in total. The van der Waals surface area contributed by atoms with Crippen molar-refractivity contribution in [3.63, 3.8) is 0 Å². The van der Waals surface area contributed by atoms with Crippen LogP contribution in [0.2, 0.25) is 0 Å². The number of nitrogens with zero attached hydrogens (tertiary/aromatic N) is 1. The number of likely N-dealkylation sites (N-methyl/N-ethyl adjacent to an activating group) is 1. The van der Waals surface area contributed by atoms with E-state index in [0.717, 1.165) is 19.5 Å². The van der Waals surface area contributed by atoms with Gasteiger partial charge in [0.15, 0.2) is 6.30 Å².